The zero-order valence-electron chi connectivity index (χ0n) is 14.9. The molecule has 0 fully saturated rings. The van der Waals surface area contributed by atoms with Gasteiger partial charge in [0, 0.05) is 23.6 Å². The maximum Gasteiger partial charge on any atom is 0.272 e. The fourth-order valence-corrected chi connectivity index (χ4v) is 3.58. The Bertz CT molecular complexity index is 972. The van der Waals surface area contributed by atoms with Crippen LogP contribution in [0, 0.1) is 17.0 Å². The molecule has 2 aromatic carbocycles. The number of nitro benzene ring substituents is 1. The second-order valence-corrected chi connectivity index (χ2v) is 7.29. The largest absolute Gasteiger partial charge is 0.296 e. The van der Waals surface area contributed by atoms with Crippen LogP contribution in [0.4, 0.5) is 10.8 Å². The lowest BCUT2D eigenvalue weighted by Gasteiger charge is -2.08. The molecule has 0 aliphatic rings. The molecule has 3 rings (SSSR count). The molecule has 1 N–H and O–H groups in total. The van der Waals surface area contributed by atoms with Crippen molar-refractivity contribution in [1.29, 1.82) is 0 Å². The Balaban J connectivity index is 1.66. The minimum Gasteiger partial charge on any atom is -0.296 e. The average Bonchev–Trinajstić information content (AvgIpc) is 3.08. The van der Waals surface area contributed by atoms with Crippen LogP contribution in [0.2, 0.25) is 0 Å². The first-order valence-corrected chi connectivity index (χ1v) is 9.19. The molecule has 138 valence electrons. The molecule has 0 aliphatic heterocycles. The van der Waals surface area contributed by atoms with Crippen molar-refractivity contribution in [3.05, 3.63) is 80.3 Å². The molecule has 0 radical (unpaired) electrons. The number of nitrogens with zero attached hydrogens (tertiary/aromatic N) is 3. The summed E-state index contributed by atoms with van der Waals surface area (Å²) < 4.78 is 0. The SMILES string of the molecule is Cc1cc(C(=O)Nc2nnc(C[C@@H](C)c3ccccc3)s2)ccc1[N+](=O)[O-]. The summed E-state index contributed by atoms with van der Waals surface area (Å²) in [4.78, 5) is 22.8. The molecule has 0 saturated carbocycles. The molecule has 0 spiro atoms. The summed E-state index contributed by atoms with van der Waals surface area (Å²) in [6, 6.07) is 14.4. The minimum absolute atomic E-state index is 0.0142. The summed E-state index contributed by atoms with van der Waals surface area (Å²) in [7, 11) is 0. The Labute approximate surface area is 160 Å². The number of aryl methyl sites for hydroxylation is 1. The van der Waals surface area contributed by atoms with E-state index in [2.05, 4.69) is 34.6 Å². The Hall–Kier alpha value is -3.13. The molecule has 8 heteroatoms. The van der Waals surface area contributed by atoms with Crippen LogP contribution in [0.15, 0.2) is 48.5 Å². The van der Waals surface area contributed by atoms with Gasteiger partial charge in [0.1, 0.15) is 5.01 Å². The number of nitro groups is 1. The molecule has 0 bridgehead atoms. The van der Waals surface area contributed by atoms with Gasteiger partial charge in [0.25, 0.3) is 11.6 Å². The van der Waals surface area contributed by atoms with Crippen molar-refractivity contribution in [1.82, 2.24) is 10.2 Å². The van der Waals surface area contributed by atoms with Gasteiger partial charge in [-0.05, 0) is 30.5 Å². The van der Waals surface area contributed by atoms with Gasteiger partial charge in [-0.1, -0.05) is 48.6 Å². The topological polar surface area (TPSA) is 98.0 Å². The van der Waals surface area contributed by atoms with Crippen molar-refractivity contribution >= 4 is 28.1 Å². The lowest BCUT2D eigenvalue weighted by molar-refractivity contribution is -0.385. The van der Waals surface area contributed by atoms with Gasteiger partial charge in [-0.2, -0.15) is 0 Å². The van der Waals surface area contributed by atoms with Crippen LogP contribution < -0.4 is 5.32 Å². The molecule has 1 amide bonds. The number of benzene rings is 2. The highest BCUT2D eigenvalue weighted by molar-refractivity contribution is 7.15. The van der Waals surface area contributed by atoms with Gasteiger partial charge in [0.05, 0.1) is 4.92 Å². The highest BCUT2D eigenvalue weighted by Crippen LogP contribution is 2.25. The highest BCUT2D eigenvalue weighted by atomic mass is 32.1. The van der Waals surface area contributed by atoms with Gasteiger partial charge >= 0.3 is 0 Å². The van der Waals surface area contributed by atoms with Crippen LogP contribution in [-0.2, 0) is 6.42 Å². The fourth-order valence-electron chi connectivity index (χ4n) is 2.72. The van der Waals surface area contributed by atoms with Crippen LogP contribution in [0.25, 0.3) is 0 Å². The third-order valence-corrected chi connectivity index (χ3v) is 5.05. The van der Waals surface area contributed by atoms with Crippen LogP contribution >= 0.6 is 11.3 Å². The first-order chi connectivity index (χ1) is 12.9. The third-order valence-electron chi connectivity index (χ3n) is 4.19. The number of nitrogens with one attached hydrogen (secondary N) is 1. The first kappa shape index (κ1) is 18.7. The van der Waals surface area contributed by atoms with Gasteiger partial charge in [-0.15, -0.1) is 10.2 Å². The number of carbonyl (C=O) groups is 1. The normalized spacial score (nSPS) is 11.8. The standard InChI is InChI=1S/C19H18N4O3S/c1-12(14-6-4-3-5-7-14)11-17-21-22-19(27-17)20-18(24)15-8-9-16(23(25)26)13(2)10-15/h3-10,12H,11H2,1-2H3,(H,20,22,24)/t12-/m1/s1. The molecule has 0 unspecified atom stereocenters. The second-order valence-electron chi connectivity index (χ2n) is 6.23. The summed E-state index contributed by atoms with van der Waals surface area (Å²) in [5.41, 5.74) is 1.98. The summed E-state index contributed by atoms with van der Waals surface area (Å²) in [5, 5.41) is 23.0. The lowest BCUT2D eigenvalue weighted by atomic mass is 9.98. The molecule has 1 heterocycles. The van der Waals surface area contributed by atoms with Crippen LogP contribution in [-0.4, -0.2) is 21.0 Å². The molecule has 3 aromatic rings. The first-order valence-electron chi connectivity index (χ1n) is 8.37. The van der Waals surface area contributed by atoms with Crippen molar-refractivity contribution in [2.45, 2.75) is 26.2 Å². The number of carbonyl (C=O) groups excluding carboxylic acids is 1. The third kappa shape index (κ3) is 4.53. The molecular weight excluding hydrogens is 364 g/mol. The van der Waals surface area contributed by atoms with E-state index < -0.39 is 4.92 Å². The van der Waals surface area contributed by atoms with E-state index in [0.29, 0.717) is 22.2 Å². The van der Waals surface area contributed by atoms with Crippen LogP contribution in [0.3, 0.4) is 0 Å². The smallest absolute Gasteiger partial charge is 0.272 e. The lowest BCUT2D eigenvalue weighted by Crippen LogP contribution is -2.12. The van der Waals surface area contributed by atoms with E-state index in [1.54, 1.807) is 6.92 Å². The number of anilines is 1. The van der Waals surface area contributed by atoms with E-state index in [1.807, 2.05) is 18.2 Å². The number of amides is 1. The van der Waals surface area contributed by atoms with E-state index in [4.69, 9.17) is 0 Å². The molecular formula is C19H18N4O3S. The van der Waals surface area contributed by atoms with Crippen molar-refractivity contribution in [2.24, 2.45) is 0 Å². The molecule has 1 atom stereocenters. The summed E-state index contributed by atoms with van der Waals surface area (Å²) in [6.07, 6.45) is 0.730. The van der Waals surface area contributed by atoms with E-state index in [1.165, 1.54) is 35.1 Å². The van der Waals surface area contributed by atoms with E-state index in [0.717, 1.165) is 11.4 Å². The Morgan fingerprint density at radius 3 is 2.63 bits per heavy atom. The predicted octanol–water partition coefficient (Wildman–Crippen LogP) is 4.35. The maximum absolute atomic E-state index is 12.4. The Morgan fingerprint density at radius 2 is 1.96 bits per heavy atom. The molecule has 27 heavy (non-hydrogen) atoms. The van der Waals surface area contributed by atoms with Crippen molar-refractivity contribution < 1.29 is 9.72 Å². The molecule has 0 aliphatic carbocycles. The monoisotopic (exact) mass is 382 g/mol. The quantitative estimate of drug-likeness (QED) is 0.505. The summed E-state index contributed by atoms with van der Waals surface area (Å²) >= 11 is 1.33. The number of aromatic nitrogens is 2. The second kappa shape index (κ2) is 8.05. The van der Waals surface area contributed by atoms with Gasteiger partial charge in [0.2, 0.25) is 5.13 Å². The minimum atomic E-state index is -0.470. The Morgan fingerprint density at radius 1 is 1.22 bits per heavy atom. The van der Waals surface area contributed by atoms with Gasteiger partial charge in [-0.3, -0.25) is 20.2 Å². The highest BCUT2D eigenvalue weighted by Gasteiger charge is 2.16. The molecule has 0 saturated heterocycles. The van der Waals surface area contributed by atoms with Crippen molar-refractivity contribution in [2.75, 3.05) is 5.32 Å². The van der Waals surface area contributed by atoms with Crippen LogP contribution in [0.1, 0.15) is 39.3 Å². The van der Waals surface area contributed by atoms with Crippen molar-refractivity contribution in [3.63, 3.8) is 0 Å². The molecule has 7 nitrogen and oxygen atoms in total. The summed E-state index contributed by atoms with van der Waals surface area (Å²) in [6.45, 7) is 3.72. The van der Waals surface area contributed by atoms with Crippen molar-refractivity contribution in [3.8, 4) is 0 Å². The van der Waals surface area contributed by atoms with Crippen LogP contribution in [0.5, 0.6) is 0 Å². The number of rotatable bonds is 6. The van der Waals surface area contributed by atoms with E-state index >= 15 is 0 Å². The predicted molar refractivity (Wildman–Crippen MR) is 104 cm³/mol. The molecule has 1 aromatic heterocycles. The van der Waals surface area contributed by atoms with Gasteiger partial charge in [-0.25, -0.2) is 0 Å². The maximum atomic E-state index is 12.4. The van der Waals surface area contributed by atoms with E-state index in [-0.39, 0.29) is 11.6 Å². The van der Waals surface area contributed by atoms with Gasteiger partial charge in [0.15, 0.2) is 0 Å². The Kier molecular flexibility index (Phi) is 5.56. The van der Waals surface area contributed by atoms with Gasteiger partial charge < -0.3 is 0 Å². The zero-order chi connectivity index (χ0) is 19.4. The summed E-state index contributed by atoms with van der Waals surface area (Å²) in [5.74, 6) is -0.0770. The number of hydrogen-bond acceptors (Lipinski definition) is 6. The van der Waals surface area contributed by atoms with E-state index in [9.17, 15) is 14.9 Å². The average molecular weight is 382 g/mol. The number of hydrogen-bond donors (Lipinski definition) is 1. The fraction of sp³-hybridized carbons (Fsp3) is 0.211. The zero-order valence-corrected chi connectivity index (χ0v) is 15.7.